The number of aryl methyl sites for hydroxylation is 3. The molecule has 140 valence electrons. The van der Waals surface area contributed by atoms with E-state index in [1.807, 2.05) is 28.8 Å². The van der Waals surface area contributed by atoms with Crippen molar-refractivity contribution in [1.29, 1.82) is 0 Å². The van der Waals surface area contributed by atoms with Crippen LogP contribution in [-0.2, 0) is 17.9 Å². The molecule has 6 nitrogen and oxygen atoms in total. The van der Waals surface area contributed by atoms with Gasteiger partial charge in [-0.3, -0.25) is 19.4 Å². The smallest absolute Gasteiger partial charge is 0.222 e. The van der Waals surface area contributed by atoms with Gasteiger partial charge in [0.05, 0.1) is 5.69 Å². The number of rotatable bonds is 6. The Bertz CT molecular complexity index is 712. The minimum absolute atomic E-state index is 0.273. The molecule has 0 unspecified atom stereocenters. The number of carbonyl (C=O) groups excluding carboxylic acids is 1. The number of hydrogen-bond acceptors (Lipinski definition) is 4. The van der Waals surface area contributed by atoms with Gasteiger partial charge in [-0.05, 0) is 44.4 Å². The molecule has 1 fully saturated rings. The molecule has 3 heterocycles. The summed E-state index contributed by atoms with van der Waals surface area (Å²) in [4.78, 5) is 21.2. The summed E-state index contributed by atoms with van der Waals surface area (Å²) in [6, 6.07) is 6.17. The number of carbonyl (C=O) groups is 1. The first-order valence-electron chi connectivity index (χ1n) is 9.52. The Balaban J connectivity index is 1.43. The molecule has 2 aromatic rings. The van der Waals surface area contributed by atoms with Crippen LogP contribution in [0.2, 0.25) is 0 Å². The van der Waals surface area contributed by atoms with E-state index in [9.17, 15) is 4.79 Å². The van der Waals surface area contributed by atoms with E-state index in [2.05, 4.69) is 34.0 Å². The first-order chi connectivity index (χ1) is 12.6. The fourth-order valence-corrected chi connectivity index (χ4v) is 3.57. The third kappa shape index (κ3) is 5.14. The zero-order valence-electron chi connectivity index (χ0n) is 15.9. The van der Waals surface area contributed by atoms with E-state index in [1.165, 1.54) is 5.56 Å². The van der Waals surface area contributed by atoms with Crippen LogP contribution in [0.3, 0.4) is 0 Å². The van der Waals surface area contributed by atoms with Gasteiger partial charge in [0.2, 0.25) is 5.91 Å². The highest BCUT2D eigenvalue weighted by Gasteiger charge is 2.19. The molecule has 0 aliphatic carbocycles. The van der Waals surface area contributed by atoms with E-state index >= 15 is 0 Å². The lowest BCUT2D eigenvalue weighted by Crippen LogP contribution is -2.35. The van der Waals surface area contributed by atoms with Gasteiger partial charge in [-0.25, -0.2) is 0 Å². The summed E-state index contributed by atoms with van der Waals surface area (Å²) in [5, 5.41) is 4.46. The van der Waals surface area contributed by atoms with Gasteiger partial charge >= 0.3 is 0 Å². The second-order valence-corrected chi connectivity index (χ2v) is 7.13. The molecule has 0 saturated carbocycles. The van der Waals surface area contributed by atoms with Crippen molar-refractivity contribution in [2.24, 2.45) is 0 Å². The molecular weight excluding hydrogens is 326 g/mol. The number of aromatic nitrogens is 3. The molecule has 0 bridgehead atoms. The maximum absolute atomic E-state index is 12.6. The van der Waals surface area contributed by atoms with Crippen molar-refractivity contribution in [2.75, 3.05) is 26.2 Å². The molecule has 3 rings (SSSR count). The fraction of sp³-hybridized carbons (Fsp3) is 0.550. The molecule has 1 saturated heterocycles. The monoisotopic (exact) mass is 355 g/mol. The van der Waals surface area contributed by atoms with Crippen molar-refractivity contribution >= 4 is 5.91 Å². The fourth-order valence-electron chi connectivity index (χ4n) is 3.57. The highest BCUT2D eigenvalue weighted by molar-refractivity contribution is 5.76. The highest BCUT2D eigenvalue weighted by atomic mass is 16.2. The first kappa shape index (κ1) is 18.6. The van der Waals surface area contributed by atoms with Crippen LogP contribution in [0.25, 0.3) is 0 Å². The van der Waals surface area contributed by atoms with Crippen molar-refractivity contribution in [3.05, 3.63) is 47.5 Å². The van der Waals surface area contributed by atoms with Crippen molar-refractivity contribution < 1.29 is 4.79 Å². The molecule has 6 heteroatoms. The Morgan fingerprint density at radius 2 is 2.08 bits per heavy atom. The molecule has 1 aliphatic heterocycles. The Labute approximate surface area is 155 Å². The molecule has 1 aliphatic rings. The summed E-state index contributed by atoms with van der Waals surface area (Å²) in [6.45, 7) is 9.43. The summed E-state index contributed by atoms with van der Waals surface area (Å²) in [5.74, 6) is 0.273. The molecule has 0 atom stereocenters. The minimum Gasteiger partial charge on any atom is -0.341 e. The van der Waals surface area contributed by atoms with Crippen molar-refractivity contribution in [2.45, 2.75) is 46.2 Å². The van der Waals surface area contributed by atoms with Gasteiger partial charge < -0.3 is 4.90 Å². The summed E-state index contributed by atoms with van der Waals surface area (Å²) < 4.78 is 2.00. The van der Waals surface area contributed by atoms with E-state index in [1.54, 1.807) is 6.20 Å². The SMILES string of the molecule is Cc1cc(C)n(CCCC(=O)N2CCCN(Cc3cccnc3)CC2)n1. The van der Waals surface area contributed by atoms with Crippen LogP contribution in [0.15, 0.2) is 30.6 Å². The Kier molecular flexibility index (Phi) is 6.39. The van der Waals surface area contributed by atoms with Crippen LogP contribution >= 0.6 is 0 Å². The van der Waals surface area contributed by atoms with E-state index in [4.69, 9.17) is 0 Å². The summed E-state index contributed by atoms with van der Waals surface area (Å²) in [7, 11) is 0. The molecule has 0 spiro atoms. The lowest BCUT2D eigenvalue weighted by molar-refractivity contribution is -0.131. The zero-order valence-corrected chi connectivity index (χ0v) is 15.9. The maximum Gasteiger partial charge on any atom is 0.222 e. The van der Waals surface area contributed by atoms with E-state index in [0.29, 0.717) is 6.42 Å². The maximum atomic E-state index is 12.6. The van der Waals surface area contributed by atoms with Gasteiger partial charge in [-0.15, -0.1) is 0 Å². The summed E-state index contributed by atoms with van der Waals surface area (Å²) in [5.41, 5.74) is 3.43. The third-order valence-corrected chi connectivity index (χ3v) is 4.93. The van der Waals surface area contributed by atoms with Crippen molar-refractivity contribution in [1.82, 2.24) is 24.6 Å². The summed E-state index contributed by atoms with van der Waals surface area (Å²) >= 11 is 0. The molecule has 1 amide bonds. The predicted octanol–water partition coefficient (Wildman–Crippen LogP) is 2.41. The standard InChI is InChI=1S/C20H29N5O/c1-17-14-18(2)25(22-17)11-4-7-20(26)24-10-5-9-23(12-13-24)16-19-6-3-8-21-15-19/h3,6,8,14-15H,4-5,7,9-13,16H2,1-2H3. The van der Waals surface area contributed by atoms with Gasteiger partial charge in [0.15, 0.2) is 0 Å². The van der Waals surface area contributed by atoms with Crippen LogP contribution in [0, 0.1) is 13.8 Å². The lowest BCUT2D eigenvalue weighted by Gasteiger charge is -2.22. The Morgan fingerprint density at radius 3 is 2.81 bits per heavy atom. The normalized spacial score (nSPS) is 15.8. The van der Waals surface area contributed by atoms with Crippen molar-refractivity contribution in [3.8, 4) is 0 Å². The summed E-state index contributed by atoms with van der Waals surface area (Å²) in [6.07, 6.45) is 6.20. The van der Waals surface area contributed by atoms with E-state index < -0.39 is 0 Å². The van der Waals surface area contributed by atoms with Gasteiger partial charge in [-0.2, -0.15) is 5.10 Å². The average Bonchev–Trinajstić information content (AvgIpc) is 2.82. The number of pyridine rings is 1. The quantitative estimate of drug-likeness (QED) is 0.798. The largest absolute Gasteiger partial charge is 0.341 e. The predicted molar refractivity (Wildman–Crippen MR) is 102 cm³/mol. The zero-order chi connectivity index (χ0) is 18.4. The Morgan fingerprint density at radius 1 is 1.19 bits per heavy atom. The van der Waals surface area contributed by atoms with Gasteiger partial charge in [-0.1, -0.05) is 6.07 Å². The van der Waals surface area contributed by atoms with E-state index in [-0.39, 0.29) is 5.91 Å². The number of nitrogens with zero attached hydrogens (tertiary/aromatic N) is 5. The van der Waals surface area contributed by atoms with Gasteiger partial charge in [0, 0.05) is 63.8 Å². The molecule has 2 aromatic heterocycles. The van der Waals surface area contributed by atoms with Crippen LogP contribution in [0.5, 0.6) is 0 Å². The number of hydrogen-bond donors (Lipinski definition) is 0. The van der Waals surface area contributed by atoms with Crippen LogP contribution < -0.4 is 0 Å². The van der Waals surface area contributed by atoms with Crippen LogP contribution in [-0.4, -0.2) is 56.7 Å². The van der Waals surface area contributed by atoms with E-state index in [0.717, 1.165) is 63.5 Å². The lowest BCUT2D eigenvalue weighted by atomic mass is 10.2. The molecule has 0 N–H and O–H groups in total. The van der Waals surface area contributed by atoms with Gasteiger partial charge in [0.25, 0.3) is 0 Å². The Hall–Kier alpha value is -2.21. The molecule has 0 aromatic carbocycles. The minimum atomic E-state index is 0.273. The molecule has 0 radical (unpaired) electrons. The van der Waals surface area contributed by atoms with Crippen LogP contribution in [0.1, 0.15) is 36.2 Å². The molecule has 26 heavy (non-hydrogen) atoms. The van der Waals surface area contributed by atoms with Crippen LogP contribution in [0.4, 0.5) is 0 Å². The second kappa shape index (κ2) is 8.94. The first-order valence-corrected chi connectivity index (χ1v) is 9.52. The highest BCUT2D eigenvalue weighted by Crippen LogP contribution is 2.11. The average molecular weight is 355 g/mol. The third-order valence-electron chi connectivity index (χ3n) is 4.93. The molecular formula is C20H29N5O. The topological polar surface area (TPSA) is 54.3 Å². The number of amides is 1. The second-order valence-electron chi connectivity index (χ2n) is 7.13. The van der Waals surface area contributed by atoms with Gasteiger partial charge in [0.1, 0.15) is 0 Å². The van der Waals surface area contributed by atoms with Crippen molar-refractivity contribution in [3.63, 3.8) is 0 Å².